The van der Waals surface area contributed by atoms with Crippen LogP contribution in [0.25, 0.3) is 0 Å². The number of ether oxygens (including phenoxy) is 2. The number of hydrogen-bond donors (Lipinski definition) is 0. The largest absolute Gasteiger partial charge is 0.497 e. The Morgan fingerprint density at radius 2 is 1.81 bits per heavy atom. The van der Waals surface area contributed by atoms with Gasteiger partial charge in [-0.3, -0.25) is 14.9 Å². The molecule has 0 amide bonds. The van der Waals surface area contributed by atoms with Gasteiger partial charge in [0.1, 0.15) is 5.75 Å². The average molecular weight is 353 g/mol. The molecule has 0 bridgehead atoms. The van der Waals surface area contributed by atoms with Crippen molar-refractivity contribution in [2.24, 2.45) is 5.92 Å². The first-order valence-electron chi connectivity index (χ1n) is 8.57. The van der Waals surface area contributed by atoms with E-state index in [1.54, 1.807) is 7.11 Å². The first-order valence-corrected chi connectivity index (χ1v) is 8.57. The molecule has 6 nitrogen and oxygen atoms in total. The minimum atomic E-state index is -1.27. The monoisotopic (exact) mass is 353 g/mol. The molecule has 0 spiro atoms. The normalized spacial score (nSPS) is 29.9. The first-order chi connectivity index (χ1) is 12.6. The number of rotatable bonds is 4. The van der Waals surface area contributed by atoms with Crippen molar-refractivity contribution in [1.29, 1.82) is 0 Å². The summed E-state index contributed by atoms with van der Waals surface area (Å²) >= 11 is 0. The SMILES string of the molecule is COc1ccc([C@@H]2[C@@H](c3ccccc3)[C@@H]3CC(=O)OC[C@]23[N+](=O)[O-])cc1. The highest BCUT2D eigenvalue weighted by molar-refractivity contribution is 5.72. The second-order valence-corrected chi connectivity index (χ2v) is 6.91. The van der Waals surface area contributed by atoms with Crippen LogP contribution in [0.15, 0.2) is 54.6 Å². The van der Waals surface area contributed by atoms with Gasteiger partial charge in [-0.2, -0.15) is 0 Å². The highest BCUT2D eigenvalue weighted by Gasteiger charge is 2.74. The quantitative estimate of drug-likeness (QED) is 0.479. The maximum absolute atomic E-state index is 12.1. The van der Waals surface area contributed by atoms with Crippen LogP contribution >= 0.6 is 0 Å². The summed E-state index contributed by atoms with van der Waals surface area (Å²) in [5, 5.41) is 12.1. The zero-order chi connectivity index (χ0) is 18.3. The predicted molar refractivity (Wildman–Crippen MR) is 93.7 cm³/mol. The molecule has 1 aliphatic heterocycles. The lowest BCUT2D eigenvalue weighted by molar-refractivity contribution is -0.612. The van der Waals surface area contributed by atoms with Gasteiger partial charge >= 0.3 is 5.97 Å². The second kappa shape index (κ2) is 6.12. The van der Waals surface area contributed by atoms with Crippen LogP contribution < -0.4 is 4.74 Å². The Bertz CT molecular complexity index is 835. The fourth-order valence-corrected chi connectivity index (χ4v) is 4.61. The Balaban J connectivity index is 1.82. The van der Waals surface area contributed by atoms with Crippen molar-refractivity contribution >= 4 is 5.97 Å². The summed E-state index contributed by atoms with van der Waals surface area (Å²) in [6.07, 6.45) is 0.0766. The molecule has 4 atom stereocenters. The van der Waals surface area contributed by atoms with Crippen LogP contribution in [0.2, 0.25) is 0 Å². The molecule has 0 N–H and O–H groups in total. The summed E-state index contributed by atoms with van der Waals surface area (Å²) in [5.41, 5.74) is 0.610. The average Bonchev–Trinajstić information content (AvgIpc) is 2.65. The number of fused-ring (bicyclic) bond motifs is 1. The van der Waals surface area contributed by atoms with E-state index in [2.05, 4.69) is 0 Å². The maximum atomic E-state index is 12.1. The van der Waals surface area contributed by atoms with E-state index in [9.17, 15) is 14.9 Å². The number of hydrogen-bond acceptors (Lipinski definition) is 5. The molecular weight excluding hydrogens is 334 g/mol. The van der Waals surface area contributed by atoms with E-state index in [1.807, 2.05) is 54.6 Å². The van der Waals surface area contributed by atoms with Crippen LogP contribution in [0.5, 0.6) is 5.75 Å². The van der Waals surface area contributed by atoms with Crippen LogP contribution in [0.4, 0.5) is 0 Å². The summed E-state index contributed by atoms with van der Waals surface area (Å²) in [6.45, 7) is -0.177. The van der Waals surface area contributed by atoms with Gasteiger partial charge in [0, 0.05) is 10.8 Å². The second-order valence-electron chi connectivity index (χ2n) is 6.91. The van der Waals surface area contributed by atoms with E-state index in [-0.39, 0.29) is 41.7 Å². The Morgan fingerprint density at radius 3 is 2.42 bits per heavy atom. The molecule has 6 heteroatoms. The van der Waals surface area contributed by atoms with Crippen LogP contribution in [-0.4, -0.2) is 30.1 Å². The smallest absolute Gasteiger partial charge is 0.306 e. The number of carbonyl (C=O) groups excluding carboxylic acids is 1. The van der Waals surface area contributed by atoms with Crippen molar-refractivity contribution in [1.82, 2.24) is 0 Å². The lowest BCUT2D eigenvalue weighted by Gasteiger charge is -2.56. The summed E-state index contributed by atoms with van der Waals surface area (Å²) < 4.78 is 10.4. The molecule has 1 saturated carbocycles. The standard InChI is InChI=1S/C20H19NO5/c1-25-15-9-7-14(8-10-15)19-18(13-5-3-2-4-6-13)16-11-17(22)26-12-20(16,19)21(23)24/h2-10,16,18-19H,11-12H2,1H3/t16-,18-,19+,20+/m0/s1. The van der Waals surface area contributed by atoms with E-state index < -0.39 is 5.54 Å². The third-order valence-corrected chi connectivity index (χ3v) is 5.82. The van der Waals surface area contributed by atoms with Gasteiger partial charge in [-0.1, -0.05) is 42.5 Å². The summed E-state index contributed by atoms with van der Waals surface area (Å²) in [7, 11) is 1.58. The highest BCUT2D eigenvalue weighted by atomic mass is 16.6. The molecule has 0 unspecified atom stereocenters. The molecule has 0 radical (unpaired) electrons. The number of nitrogens with zero attached hydrogens (tertiary/aromatic N) is 1. The van der Waals surface area contributed by atoms with Crippen molar-refractivity contribution in [2.45, 2.75) is 23.8 Å². The number of methoxy groups -OCH3 is 1. The van der Waals surface area contributed by atoms with Crippen molar-refractivity contribution in [3.63, 3.8) is 0 Å². The summed E-state index contributed by atoms with van der Waals surface area (Å²) in [4.78, 5) is 23.7. The number of nitro groups is 1. The molecule has 2 aromatic carbocycles. The lowest BCUT2D eigenvalue weighted by atomic mass is 9.47. The van der Waals surface area contributed by atoms with Gasteiger partial charge in [-0.15, -0.1) is 0 Å². The molecule has 1 heterocycles. The predicted octanol–water partition coefficient (Wildman–Crippen LogP) is 3.15. The Morgan fingerprint density at radius 1 is 1.12 bits per heavy atom. The van der Waals surface area contributed by atoms with Crippen LogP contribution in [-0.2, 0) is 9.53 Å². The van der Waals surface area contributed by atoms with Gasteiger partial charge in [-0.05, 0) is 23.3 Å². The molecule has 1 saturated heterocycles. The molecule has 1 aliphatic carbocycles. The molecule has 2 aromatic rings. The van der Waals surface area contributed by atoms with Crippen LogP contribution in [0, 0.1) is 16.0 Å². The van der Waals surface area contributed by atoms with E-state index >= 15 is 0 Å². The van der Waals surface area contributed by atoms with Gasteiger partial charge in [-0.25, -0.2) is 0 Å². The highest BCUT2D eigenvalue weighted by Crippen LogP contribution is 2.64. The van der Waals surface area contributed by atoms with Gasteiger partial charge < -0.3 is 9.47 Å². The van der Waals surface area contributed by atoms with Crippen LogP contribution in [0.3, 0.4) is 0 Å². The zero-order valence-electron chi connectivity index (χ0n) is 14.3. The van der Waals surface area contributed by atoms with Crippen molar-refractivity contribution < 1.29 is 19.2 Å². The van der Waals surface area contributed by atoms with E-state index in [0.29, 0.717) is 5.75 Å². The molecule has 26 heavy (non-hydrogen) atoms. The number of esters is 1. The summed E-state index contributed by atoms with van der Waals surface area (Å²) in [6, 6.07) is 17.1. The van der Waals surface area contributed by atoms with Gasteiger partial charge in [0.05, 0.1) is 25.4 Å². The summed E-state index contributed by atoms with van der Waals surface area (Å²) in [5.74, 6) is -0.479. The Hall–Kier alpha value is -2.89. The minimum Gasteiger partial charge on any atom is -0.497 e. The van der Waals surface area contributed by atoms with Crippen molar-refractivity contribution in [3.05, 3.63) is 75.8 Å². The first kappa shape index (κ1) is 16.6. The fourth-order valence-electron chi connectivity index (χ4n) is 4.61. The van der Waals surface area contributed by atoms with E-state index in [4.69, 9.17) is 9.47 Å². The number of cyclic esters (lactones) is 1. The van der Waals surface area contributed by atoms with E-state index in [1.165, 1.54) is 0 Å². The molecule has 4 rings (SSSR count). The van der Waals surface area contributed by atoms with Crippen molar-refractivity contribution in [3.8, 4) is 5.75 Å². The topological polar surface area (TPSA) is 78.7 Å². The Kier molecular flexibility index (Phi) is 3.90. The third kappa shape index (κ3) is 2.29. The molecule has 2 fully saturated rings. The van der Waals surface area contributed by atoms with Gasteiger partial charge in [0.2, 0.25) is 0 Å². The third-order valence-electron chi connectivity index (χ3n) is 5.82. The minimum absolute atomic E-state index is 0.0766. The molecule has 134 valence electrons. The van der Waals surface area contributed by atoms with E-state index in [0.717, 1.165) is 11.1 Å². The number of benzene rings is 2. The lowest BCUT2D eigenvalue weighted by Crippen LogP contribution is -2.69. The van der Waals surface area contributed by atoms with Crippen LogP contribution in [0.1, 0.15) is 29.4 Å². The number of carbonyl (C=O) groups is 1. The molecular formula is C20H19NO5. The maximum Gasteiger partial charge on any atom is 0.306 e. The zero-order valence-corrected chi connectivity index (χ0v) is 14.3. The molecule has 0 aromatic heterocycles. The van der Waals surface area contributed by atoms with Crippen molar-refractivity contribution in [2.75, 3.05) is 13.7 Å². The van der Waals surface area contributed by atoms with Gasteiger partial charge in [0.25, 0.3) is 5.54 Å². The molecule has 2 aliphatic rings. The fraction of sp³-hybridized carbons (Fsp3) is 0.350. The Labute approximate surface area is 150 Å². The van der Waals surface area contributed by atoms with Gasteiger partial charge in [0.15, 0.2) is 6.61 Å².